The number of fused-ring (bicyclic) bond motifs is 1. The summed E-state index contributed by atoms with van der Waals surface area (Å²) < 4.78 is 1.77. The Morgan fingerprint density at radius 2 is 2.00 bits per heavy atom. The van der Waals surface area contributed by atoms with Gasteiger partial charge in [0.1, 0.15) is 0 Å². The van der Waals surface area contributed by atoms with E-state index in [1.807, 2.05) is 45.2 Å². The first kappa shape index (κ1) is 9.06. The van der Waals surface area contributed by atoms with Gasteiger partial charge in [0.25, 0.3) is 5.56 Å². The van der Waals surface area contributed by atoms with Gasteiger partial charge in [-0.1, -0.05) is 26.8 Å². The van der Waals surface area contributed by atoms with Gasteiger partial charge in [-0.25, -0.2) is 0 Å². The van der Waals surface area contributed by atoms with Crippen molar-refractivity contribution in [2.75, 3.05) is 0 Å². The van der Waals surface area contributed by atoms with Crippen LogP contribution in [0.4, 0.5) is 0 Å². The molecule has 3 nitrogen and oxygen atoms in total. The zero-order valence-electron chi connectivity index (χ0n) is 8.66. The third-order valence-electron chi connectivity index (χ3n) is 2.32. The summed E-state index contributed by atoms with van der Waals surface area (Å²) >= 11 is 0. The summed E-state index contributed by atoms with van der Waals surface area (Å²) in [5, 5.41) is 2.79. The fraction of sp³-hybridized carbons (Fsp3) is 0.364. The minimum Gasteiger partial charge on any atom is -0.268 e. The molecular formula is C11H14N2O. The molecule has 0 saturated heterocycles. The molecule has 0 spiro atoms. The van der Waals surface area contributed by atoms with Crippen molar-refractivity contribution in [1.29, 1.82) is 0 Å². The van der Waals surface area contributed by atoms with Crippen molar-refractivity contribution in [1.82, 2.24) is 9.61 Å². The fourth-order valence-corrected chi connectivity index (χ4v) is 1.75. The van der Waals surface area contributed by atoms with Gasteiger partial charge in [-0.15, -0.1) is 0 Å². The number of aromatic nitrogens is 2. The molecule has 2 aromatic rings. The smallest absolute Gasteiger partial charge is 0.268 e. The van der Waals surface area contributed by atoms with Crippen LogP contribution in [0.3, 0.4) is 0 Å². The fourth-order valence-electron chi connectivity index (χ4n) is 1.75. The highest BCUT2D eigenvalue weighted by Crippen LogP contribution is 2.22. The van der Waals surface area contributed by atoms with Crippen molar-refractivity contribution in [2.24, 2.45) is 0 Å². The normalized spacial score (nSPS) is 12.2. The predicted octanol–water partition coefficient (Wildman–Crippen LogP) is 1.93. The van der Waals surface area contributed by atoms with E-state index in [4.69, 9.17) is 0 Å². The van der Waals surface area contributed by atoms with E-state index in [0.29, 0.717) is 0 Å². The lowest BCUT2D eigenvalue weighted by Gasteiger charge is -2.15. The molecule has 0 radical (unpaired) electrons. The van der Waals surface area contributed by atoms with Gasteiger partial charge in [-0.3, -0.25) is 14.4 Å². The van der Waals surface area contributed by atoms with Crippen molar-refractivity contribution in [3.8, 4) is 0 Å². The summed E-state index contributed by atoms with van der Waals surface area (Å²) in [6, 6.07) is 5.80. The number of hydrogen-bond acceptors (Lipinski definition) is 1. The maximum Gasteiger partial charge on any atom is 0.268 e. The van der Waals surface area contributed by atoms with Crippen molar-refractivity contribution in [2.45, 2.75) is 26.2 Å². The molecule has 3 heteroatoms. The maximum absolute atomic E-state index is 11.7. The molecule has 2 aromatic heterocycles. The van der Waals surface area contributed by atoms with E-state index in [0.717, 1.165) is 11.1 Å². The van der Waals surface area contributed by atoms with Gasteiger partial charge in [-0.05, 0) is 17.5 Å². The summed E-state index contributed by atoms with van der Waals surface area (Å²) in [6.45, 7) is 6.14. The van der Waals surface area contributed by atoms with E-state index in [9.17, 15) is 4.79 Å². The number of nitrogens with one attached hydrogen (secondary N) is 1. The zero-order chi connectivity index (χ0) is 10.3. The number of rotatable bonds is 0. The molecule has 0 atom stereocenters. The first-order valence-corrected chi connectivity index (χ1v) is 4.70. The molecule has 0 fully saturated rings. The predicted molar refractivity (Wildman–Crippen MR) is 56.7 cm³/mol. The first-order valence-electron chi connectivity index (χ1n) is 4.70. The number of nitrogens with zero attached hydrogens (tertiary/aromatic N) is 1. The van der Waals surface area contributed by atoms with Crippen LogP contribution in [0.1, 0.15) is 26.3 Å². The van der Waals surface area contributed by atoms with Crippen LogP contribution >= 0.6 is 0 Å². The summed E-state index contributed by atoms with van der Waals surface area (Å²) in [7, 11) is 0. The Morgan fingerprint density at radius 1 is 1.29 bits per heavy atom. The van der Waals surface area contributed by atoms with Gasteiger partial charge in [0.15, 0.2) is 0 Å². The molecule has 0 aliphatic rings. The molecular weight excluding hydrogens is 176 g/mol. The van der Waals surface area contributed by atoms with Crippen LogP contribution in [0.25, 0.3) is 5.52 Å². The maximum atomic E-state index is 11.7. The van der Waals surface area contributed by atoms with Crippen molar-refractivity contribution >= 4 is 5.52 Å². The van der Waals surface area contributed by atoms with Gasteiger partial charge < -0.3 is 0 Å². The third-order valence-corrected chi connectivity index (χ3v) is 2.32. The number of H-pyrrole nitrogens is 1. The average Bonchev–Trinajstić information content (AvgIpc) is 2.38. The summed E-state index contributed by atoms with van der Waals surface area (Å²) in [5.41, 5.74) is 1.69. The first-order chi connectivity index (χ1) is 6.50. The van der Waals surface area contributed by atoms with E-state index >= 15 is 0 Å². The van der Waals surface area contributed by atoms with E-state index in [1.54, 1.807) is 4.52 Å². The van der Waals surface area contributed by atoms with Crippen LogP contribution in [0.5, 0.6) is 0 Å². The SMILES string of the molecule is CC(C)(C)c1c(=O)[nH]n2ccccc12. The lowest BCUT2D eigenvalue weighted by Crippen LogP contribution is -2.20. The summed E-state index contributed by atoms with van der Waals surface area (Å²) in [5.74, 6) is 0. The van der Waals surface area contributed by atoms with Crippen molar-refractivity contribution < 1.29 is 0 Å². The second-order valence-corrected chi connectivity index (χ2v) is 4.52. The zero-order valence-corrected chi connectivity index (χ0v) is 8.66. The molecule has 0 aliphatic heterocycles. The van der Waals surface area contributed by atoms with Crippen molar-refractivity contribution in [3.05, 3.63) is 40.3 Å². The highest BCUT2D eigenvalue weighted by Gasteiger charge is 2.21. The van der Waals surface area contributed by atoms with Gasteiger partial charge in [0.2, 0.25) is 0 Å². The molecule has 2 heterocycles. The van der Waals surface area contributed by atoms with Crippen LogP contribution in [0, 0.1) is 0 Å². The second-order valence-electron chi connectivity index (χ2n) is 4.52. The van der Waals surface area contributed by atoms with Gasteiger partial charge >= 0.3 is 0 Å². The molecule has 14 heavy (non-hydrogen) atoms. The molecule has 1 N–H and O–H groups in total. The molecule has 2 rings (SSSR count). The quantitative estimate of drug-likeness (QED) is 0.677. The Labute approximate surface area is 82.4 Å². The Morgan fingerprint density at radius 3 is 2.64 bits per heavy atom. The second kappa shape index (κ2) is 2.74. The van der Waals surface area contributed by atoms with Crippen molar-refractivity contribution in [3.63, 3.8) is 0 Å². The molecule has 0 unspecified atom stereocenters. The van der Waals surface area contributed by atoms with E-state index < -0.39 is 0 Å². The molecule has 0 amide bonds. The highest BCUT2D eigenvalue weighted by molar-refractivity contribution is 5.56. The Bertz CT molecular complexity index is 514. The van der Waals surface area contributed by atoms with Gasteiger partial charge in [-0.2, -0.15) is 0 Å². The Kier molecular flexibility index (Phi) is 1.77. The lowest BCUT2D eigenvalue weighted by atomic mass is 9.88. The van der Waals surface area contributed by atoms with Gasteiger partial charge in [0.05, 0.1) is 5.52 Å². The summed E-state index contributed by atoms with van der Waals surface area (Å²) in [6.07, 6.45) is 1.85. The summed E-state index contributed by atoms with van der Waals surface area (Å²) in [4.78, 5) is 11.7. The van der Waals surface area contributed by atoms with Crippen LogP contribution in [0.2, 0.25) is 0 Å². The number of hydrogen-bond donors (Lipinski definition) is 1. The largest absolute Gasteiger partial charge is 0.268 e. The Balaban J connectivity index is 2.88. The van der Waals surface area contributed by atoms with E-state index in [1.165, 1.54) is 0 Å². The average molecular weight is 190 g/mol. The molecule has 0 aliphatic carbocycles. The third kappa shape index (κ3) is 1.25. The van der Waals surface area contributed by atoms with Crippen LogP contribution in [-0.4, -0.2) is 9.61 Å². The lowest BCUT2D eigenvalue weighted by molar-refractivity contribution is 0.591. The number of aromatic amines is 1. The minimum absolute atomic E-state index is 0.00343. The molecule has 0 saturated carbocycles. The van der Waals surface area contributed by atoms with Crippen LogP contribution < -0.4 is 5.56 Å². The molecule has 74 valence electrons. The van der Waals surface area contributed by atoms with E-state index in [2.05, 4.69) is 5.10 Å². The standard InChI is InChI=1S/C11H14N2O/c1-11(2,3)9-8-6-4-5-7-13(8)12-10(9)14/h4-7H,1-3H3,(H,12,14). The monoisotopic (exact) mass is 190 g/mol. The minimum atomic E-state index is -0.121. The van der Waals surface area contributed by atoms with E-state index in [-0.39, 0.29) is 11.0 Å². The topological polar surface area (TPSA) is 37.3 Å². The van der Waals surface area contributed by atoms with Crippen LogP contribution in [-0.2, 0) is 5.41 Å². The molecule has 0 bridgehead atoms. The van der Waals surface area contributed by atoms with Gasteiger partial charge in [0, 0.05) is 11.8 Å². The highest BCUT2D eigenvalue weighted by atomic mass is 16.1. The Hall–Kier alpha value is -1.51. The van der Waals surface area contributed by atoms with Crippen LogP contribution in [0.15, 0.2) is 29.2 Å². The number of pyridine rings is 1. The molecule has 0 aromatic carbocycles.